The number of nitrogens with one attached hydrogen (secondary N) is 1. The fourth-order valence-corrected chi connectivity index (χ4v) is 4.64. The van der Waals surface area contributed by atoms with Gasteiger partial charge in [0.15, 0.2) is 0 Å². The summed E-state index contributed by atoms with van der Waals surface area (Å²) in [6.45, 7) is 1.68. The maximum Gasteiger partial charge on any atom is 0.242 e. The molecule has 1 N–H and O–H groups in total. The topological polar surface area (TPSA) is 86.8 Å². The molecule has 11 heteroatoms. The van der Waals surface area contributed by atoms with Crippen LogP contribution < -0.4 is 9.62 Å². The molecule has 0 bridgehead atoms. The van der Waals surface area contributed by atoms with Gasteiger partial charge in [0.1, 0.15) is 11.9 Å². The lowest BCUT2D eigenvalue weighted by molar-refractivity contribution is -0.140. The average Bonchev–Trinajstić information content (AvgIpc) is 2.76. The van der Waals surface area contributed by atoms with Crippen LogP contribution in [0.25, 0.3) is 0 Å². The van der Waals surface area contributed by atoms with Gasteiger partial charge < -0.3 is 10.2 Å². The second-order valence-electron chi connectivity index (χ2n) is 7.47. The minimum absolute atomic E-state index is 0.0105. The van der Waals surface area contributed by atoms with Gasteiger partial charge in [-0.05, 0) is 49.2 Å². The van der Waals surface area contributed by atoms with E-state index in [0.717, 1.165) is 10.6 Å². The zero-order valence-electron chi connectivity index (χ0n) is 18.5. The van der Waals surface area contributed by atoms with Gasteiger partial charge in [-0.15, -0.1) is 0 Å². The Kier molecular flexibility index (Phi) is 9.51. The Bertz CT molecular complexity index is 1100. The van der Waals surface area contributed by atoms with Crippen LogP contribution in [0.1, 0.15) is 25.3 Å². The van der Waals surface area contributed by atoms with Gasteiger partial charge in [0.05, 0.1) is 17.0 Å². The van der Waals surface area contributed by atoms with Crippen molar-refractivity contribution in [2.75, 3.05) is 24.2 Å². The summed E-state index contributed by atoms with van der Waals surface area (Å²) in [4.78, 5) is 26.6. The van der Waals surface area contributed by atoms with E-state index in [4.69, 9.17) is 23.2 Å². The number of sulfonamides is 1. The summed E-state index contributed by atoms with van der Waals surface area (Å²) in [5.41, 5.74) is 0.880. The lowest BCUT2D eigenvalue weighted by atomic mass is 10.1. The number of hydrogen-bond donors (Lipinski definition) is 1. The van der Waals surface area contributed by atoms with Crippen LogP contribution in [0.5, 0.6) is 0 Å². The first-order valence-corrected chi connectivity index (χ1v) is 12.7. The molecule has 0 saturated heterocycles. The van der Waals surface area contributed by atoms with Crippen molar-refractivity contribution in [2.24, 2.45) is 0 Å². The van der Waals surface area contributed by atoms with Gasteiger partial charge in [-0.1, -0.05) is 35.3 Å². The Labute approximate surface area is 203 Å². The molecule has 0 saturated carbocycles. The maximum absolute atomic E-state index is 13.2. The number of nitrogens with zero attached hydrogens (tertiary/aromatic N) is 2. The standard InChI is InChI=1S/C22H26Cl2FN3O4S/c1-15(22(30)26-2)27(14-16-6-9-18(25)10-7-16)21(29)5-4-12-28(33(3,31)32)20-13-17(23)8-11-19(20)24/h6-11,13,15H,4-5,12,14H2,1-3H3,(H,26,30)/t15-/m1/s1. The summed E-state index contributed by atoms with van der Waals surface area (Å²) in [5, 5.41) is 3.05. The molecule has 0 aliphatic rings. The van der Waals surface area contributed by atoms with Crippen LogP contribution in [0.2, 0.25) is 10.0 Å². The highest BCUT2D eigenvalue weighted by atomic mass is 35.5. The van der Waals surface area contributed by atoms with Gasteiger partial charge in [-0.25, -0.2) is 12.8 Å². The van der Waals surface area contributed by atoms with Crippen molar-refractivity contribution in [1.29, 1.82) is 0 Å². The predicted molar refractivity (Wildman–Crippen MR) is 128 cm³/mol. The number of hydrogen-bond acceptors (Lipinski definition) is 4. The number of carbonyl (C=O) groups excluding carboxylic acids is 2. The van der Waals surface area contributed by atoms with Gasteiger partial charge >= 0.3 is 0 Å². The third-order valence-corrected chi connectivity index (χ3v) is 6.74. The second kappa shape index (κ2) is 11.7. The van der Waals surface area contributed by atoms with Crippen molar-refractivity contribution in [1.82, 2.24) is 10.2 Å². The van der Waals surface area contributed by atoms with E-state index in [1.165, 1.54) is 36.2 Å². The molecule has 2 rings (SSSR count). The summed E-state index contributed by atoms with van der Waals surface area (Å²) in [5.74, 6) is -1.11. The predicted octanol–water partition coefficient (Wildman–Crippen LogP) is 3.84. The highest BCUT2D eigenvalue weighted by Crippen LogP contribution is 2.31. The highest BCUT2D eigenvalue weighted by Gasteiger charge is 2.26. The molecule has 0 heterocycles. The number of benzene rings is 2. The molecule has 180 valence electrons. The number of carbonyl (C=O) groups is 2. The van der Waals surface area contributed by atoms with Crippen LogP contribution in [0.3, 0.4) is 0 Å². The first-order valence-electron chi connectivity index (χ1n) is 10.1. The first kappa shape index (κ1) is 26.9. The van der Waals surface area contributed by atoms with Crippen molar-refractivity contribution in [3.8, 4) is 0 Å². The Balaban J connectivity index is 2.17. The van der Waals surface area contributed by atoms with Gasteiger partial charge in [0, 0.05) is 31.6 Å². The molecule has 7 nitrogen and oxygen atoms in total. The molecule has 0 aliphatic carbocycles. The van der Waals surface area contributed by atoms with Crippen LogP contribution >= 0.6 is 23.2 Å². The molecule has 33 heavy (non-hydrogen) atoms. The molecule has 0 fully saturated rings. The third-order valence-electron chi connectivity index (χ3n) is 5.01. The number of likely N-dealkylation sites (N-methyl/N-ethyl adjacent to an activating group) is 1. The molecule has 0 aromatic heterocycles. The zero-order valence-corrected chi connectivity index (χ0v) is 20.8. The number of anilines is 1. The lowest BCUT2D eigenvalue weighted by Crippen LogP contribution is -2.46. The van der Waals surface area contributed by atoms with Crippen molar-refractivity contribution >= 4 is 50.7 Å². The summed E-state index contributed by atoms with van der Waals surface area (Å²) in [6, 6.07) is 9.35. The molecular weight excluding hydrogens is 492 g/mol. The zero-order chi connectivity index (χ0) is 24.8. The van der Waals surface area contributed by atoms with Crippen LogP contribution in [0.4, 0.5) is 10.1 Å². The van der Waals surface area contributed by atoms with Crippen molar-refractivity contribution < 1.29 is 22.4 Å². The summed E-state index contributed by atoms with van der Waals surface area (Å²) < 4.78 is 39.0. The number of amides is 2. The molecule has 2 amide bonds. The SMILES string of the molecule is CNC(=O)[C@@H](C)N(Cc1ccc(F)cc1)C(=O)CCCN(c1cc(Cl)ccc1Cl)S(C)(=O)=O. The fraction of sp³-hybridized carbons (Fsp3) is 0.364. The van der Waals surface area contributed by atoms with Gasteiger partial charge in [0.25, 0.3) is 0 Å². The molecule has 0 unspecified atom stereocenters. The normalized spacial score (nSPS) is 12.2. The molecule has 0 radical (unpaired) electrons. The number of rotatable bonds is 10. The maximum atomic E-state index is 13.2. The molecule has 0 spiro atoms. The van der Waals surface area contributed by atoms with E-state index in [9.17, 15) is 22.4 Å². The Morgan fingerprint density at radius 3 is 2.33 bits per heavy atom. The lowest BCUT2D eigenvalue weighted by Gasteiger charge is -2.29. The summed E-state index contributed by atoms with van der Waals surface area (Å²) in [6.07, 6.45) is 1.20. The van der Waals surface area contributed by atoms with Crippen molar-refractivity contribution in [3.63, 3.8) is 0 Å². The molecule has 2 aromatic carbocycles. The highest BCUT2D eigenvalue weighted by molar-refractivity contribution is 7.92. The molecule has 0 aliphatic heterocycles. The first-order chi connectivity index (χ1) is 15.4. The summed E-state index contributed by atoms with van der Waals surface area (Å²) >= 11 is 12.2. The van der Waals surface area contributed by atoms with E-state index in [1.54, 1.807) is 25.1 Å². The van der Waals surface area contributed by atoms with E-state index in [1.807, 2.05) is 0 Å². The van der Waals surface area contributed by atoms with E-state index >= 15 is 0 Å². The smallest absolute Gasteiger partial charge is 0.242 e. The van der Waals surface area contributed by atoms with Crippen LogP contribution in [0, 0.1) is 5.82 Å². The van der Waals surface area contributed by atoms with E-state index < -0.39 is 21.9 Å². The van der Waals surface area contributed by atoms with Crippen molar-refractivity contribution in [2.45, 2.75) is 32.4 Å². The van der Waals surface area contributed by atoms with Crippen LogP contribution in [0.15, 0.2) is 42.5 Å². The van der Waals surface area contributed by atoms with Crippen molar-refractivity contribution in [3.05, 3.63) is 63.9 Å². The Morgan fingerprint density at radius 2 is 1.76 bits per heavy atom. The van der Waals surface area contributed by atoms with E-state index in [-0.39, 0.29) is 48.5 Å². The van der Waals surface area contributed by atoms with E-state index in [2.05, 4.69) is 5.32 Å². The Hall–Kier alpha value is -2.36. The Morgan fingerprint density at radius 1 is 1.12 bits per heavy atom. The minimum Gasteiger partial charge on any atom is -0.357 e. The number of halogens is 3. The monoisotopic (exact) mass is 517 g/mol. The minimum atomic E-state index is -3.70. The second-order valence-corrected chi connectivity index (χ2v) is 10.2. The summed E-state index contributed by atoms with van der Waals surface area (Å²) in [7, 11) is -2.23. The van der Waals surface area contributed by atoms with E-state index in [0.29, 0.717) is 10.6 Å². The van der Waals surface area contributed by atoms with Crippen LogP contribution in [-0.2, 0) is 26.2 Å². The quantitative estimate of drug-likeness (QED) is 0.518. The van der Waals surface area contributed by atoms with Gasteiger partial charge in [0.2, 0.25) is 21.8 Å². The molecule has 1 atom stereocenters. The van der Waals surface area contributed by atoms with Crippen LogP contribution in [-0.4, -0.2) is 51.0 Å². The van der Waals surface area contributed by atoms with Gasteiger partial charge in [-0.2, -0.15) is 0 Å². The third kappa shape index (κ3) is 7.58. The molecular formula is C22H26Cl2FN3O4S. The molecule has 2 aromatic rings. The fourth-order valence-electron chi connectivity index (χ4n) is 3.24. The van der Waals surface area contributed by atoms with Gasteiger partial charge in [-0.3, -0.25) is 13.9 Å². The largest absolute Gasteiger partial charge is 0.357 e. The average molecular weight is 518 g/mol.